The highest BCUT2D eigenvalue weighted by Crippen LogP contribution is 2.36. The van der Waals surface area contributed by atoms with Gasteiger partial charge in [0.15, 0.2) is 0 Å². The lowest BCUT2D eigenvalue weighted by molar-refractivity contribution is -0.141. The number of hydrogen-bond acceptors (Lipinski definition) is 5. The molecule has 2 heterocycles. The number of pyridine rings is 1. The summed E-state index contributed by atoms with van der Waals surface area (Å²) >= 11 is 0. The van der Waals surface area contributed by atoms with Crippen LogP contribution < -0.4 is 5.32 Å². The molecular formula is C32H40FN5O2. The number of anilines is 1. The van der Waals surface area contributed by atoms with E-state index in [9.17, 15) is 14.0 Å². The molecule has 2 amide bonds. The molecule has 0 spiro atoms. The summed E-state index contributed by atoms with van der Waals surface area (Å²) in [6.45, 7) is 8.91. The normalized spacial score (nSPS) is 14.3. The monoisotopic (exact) mass is 545 g/mol. The van der Waals surface area contributed by atoms with Gasteiger partial charge in [-0.2, -0.15) is 0 Å². The van der Waals surface area contributed by atoms with Crippen LogP contribution in [0.3, 0.4) is 0 Å². The van der Waals surface area contributed by atoms with E-state index < -0.39 is 17.1 Å². The van der Waals surface area contributed by atoms with Crippen LogP contribution in [0.2, 0.25) is 0 Å². The molecule has 2 aliphatic rings. The Morgan fingerprint density at radius 1 is 1.20 bits per heavy atom. The Morgan fingerprint density at radius 2 is 1.95 bits per heavy atom. The number of halogens is 1. The van der Waals surface area contributed by atoms with Crippen LogP contribution in [0.4, 0.5) is 10.2 Å². The van der Waals surface area contributed by atoms with Crippen molar-refractivity contribution in [3.05, 3.63) is 70.7 Å². The number of rotatable bonds is 9. The van der Waals surface area contributed by atoms with E-state index >= 15 is 0 Å². The maximum atomic E-state index is 15.0. The van der Waals surface area contributed by atoms with E-state index in [1.165, 1.54) is 12.1 Å². The average Bonchev–Trinajstić information content (AvgIpc) is 3.72. The highest BCUT2D eigenvalue weighted by atomic mass is 19.1. The van der Waals surface area contributed by atoms with Gasteiger partial charge in [0.2, 0.25) is 5.91 Å². The summed E-state index contributed by atoms with van der Waals surface area (Å²) in [4.78, 5) is 32.4. The number of aromatic nitrogens is 1. The molecule has 7 nitrogen and oxygen atoms in total. The minimum Gasteiger partial charge on any atom is -0.338 e. The third kappa shape index (κ3) is 7.29. The summed E-state index contributed by atoms with van der Waals surface area (Å²) in [6, 6.07) is 7.68. The zero-order valence-electron chi connectivity index (χ0n) is 23.5. The van der Waals surface area contributed by atoms with E-state index in [0.29, 0.717) is 37.8 Å². The number of amides is 2. The van der Waals surface area contributed by atoms with Gasteiger partial charge in [0.05, 0.1) is 17.0 Å². The van der Waals surface area contributed by atoms with Gasteiger partial charge in [0.25, 0.3) is 5.91 Å². The minimum atomic E-state index is -0.665. The maximum absolute atomic E-state index is 15.0. The molecule has 4 rings (SSSR count). The molecule has 0 saturated heterocycles. The van der Waals surface area contributed by atoms with Gasteiger partial charge in [-0.3, -0.25) is 20.4 Å². The Kier molecular flexibility index (Phi) is 8.63. The van der Waals surface area contributed by atoms with Gasteiger partial charge >= 0.3 is 0 Å². The van der Waals surface area contributed by atoms with Crippen LogP contribution in [0, 0.1) is 45.7 Å². The topological polar surface area (TPSA) is 110 Å². The standard InChI is InChI=1S/C32H36FN5O2.2H2/c1-20(2)8-11-24(34)12-13-27(35)28-6-5-7-29(36-28)37-30(39)25-16-23-19-38(15-14-22(23)17-26(25)33)31(40)32(3,4)18-21-9-10-21;;/h5-7,9-10,16-17,20-21,34-35H,8,11,14-15,18-19H2,1-4H3,(H,36,37,39);2*1H. The van der Waals surface area contributed by atoms with E-state index in [0.717, 1.165) is 24.0 Å². The highest BCUT2D eigenvalue weighted by molar-refractivity contribution is 6.14. The number of hydrogen-bond donors (Lipinski definition) is 3. The molecular weight excluding hydrogens is 505 g/mol. The molecule has 8 heteroatoms. The van der Waals surface area contributed by atoms with Crippen molar-refractivity contribution >= 4 is 29.1 Å². The molecule has 40 heavy (non-hydrogen) atoms. The summed E-state index contributed by atoms with van der Waals surface area (Å²) in [7, 11) is 0. The van der Waals surface area contributed by atoms with Crippen molar-refractivity contribution < 1.29 is 16.8 Å². The summed E-state index contributed by atoms with van der Waals surface area (Å²) in [5, 5.41) is 18.8. The zero-order valence-corrected chi connectivity index (χ0v) is 23.5. The predicted octanol–water partition coefficient (Wildman–Crippen LogP) is 6.28. The van der Waals surface area contributed by atoms with Crippen LogP contribution in [-0.4, -0.2) is 39.7 Å². The van der Waals surface area contributed by atoms with Gasteiger partial charge < -0.3 is 10.2 Å². The van der Waals surface area contributed by atoms with Crippen LogP contribution in [0.5, 0.6) is 0 Å². The zero-order chi connectivity index (χ0) is 29.0. The van der Waals surface area contributed by atoms with Crippen LogP contribution in [0.1, 0.15) is 77.0 Å². The lowest BCUT2D eigenvalue weighted by Crippen LogP contribution is -2.44. The van der Waals surface area contributed by atoms with Crippen molar-refractivity contribution in [2.24, 2.45) is 17.3 Å². The summed E-state index contributed by atoms with van der Waals surface area (Å²) < 4.78 is 15.0. The molecule has 0 fully saturated rings. The molecule has 1 aliphatic heterocycles. The second kappa shape index (κ2) is 12.0. The smallest absolute Gasteiger partial charge is 0.259 e. The van der Waals surface area contributed by atoms with Gasteiger partial charge in [-0.15, -0.1) is 0 Å². The lowest BCUT2D eigenvalue weighted by atomic mass is 9.84. The Balaban J connectivity index is 0.00000308. The molecule has 212 valence electrons. The van der Waals surface area contributed by atoms with Crippen molar-refractivity contribution in [2.45, 2.75) is 59.9 Å². The van der Waals surface area contributed by atoms with Crippen molar-refractivity contribution in [2.75, 3.05) is 11.9 Å². The van der Waals surface area contributed by atoms with E-state index in [4.69, 9.17) is 10.8 Å². The summed E-state index contributed by atoms with van der Waals surface area (Å²) in [6.07, 6.45) is 6.88. The number of nitrogens with zero attached hydrogens (tertiary/aromatic N) is 2. The molecule has 1 aromatic heterocycles. The summed E-state index contributed by atoms with van der Waals surface area (Å²) in [5.74, 6) is 5.11. The van der Waals surface area contributed by atoms with E-state index in [-0.39, 0.29) is 37.3 Å². The van der Waals surface area contributed by atoms with Crippen LogP contribution in [-0.2, 0) is 17.8 Å². The SMILES string of the molecule is CC(C)CCC(=N)C#CC(=N)c1cccc(NC(=O)c2cc3c(cc2F)CCN(C(=O)C(C)(C)CC2C=C2)C3)n1.[HH].[HH]. The van der Waals surface area contributed by atoms with Crippen molar-refractivity contribution in [3.8, 4) is 11.8 Å². The summed E-state index contributed by atoms with van der Waals surface area (Å²) in [5.41, 5.74) is 1.34. The van der Waals surface area contributed by atoms with Gasteiger partial charge in [-0.05, 0) is 84.8 Å². The van der Waals surface area contributed by atoms with Crippen molar-refractivity contribution in [3.63, 3.8) is 0 Å². The molecule has 3 N–H and O–H groups in total. The molecule has 1 aliphatic carbocycles. The number of allylic oxidation sites excluding steroid dienone is 2. The fourth-order valence-electron chi connectivity index (χ4n) is 4.77. The fraction of sp³-hybridized carbons (Fsp3) is 0.406. The van der Waals surface area contributed by atoms with Crippen LogP contribution >= 0.6 is 0 Å². The fourth-order valence-corrected chi connectivity index (χ4v) is 4.77. The number of nitrogens with one attached hydrogen (secondary N) is 3. The number of benzene rings is 1. The highest BCUT2D eigenvalue weighted by Gasteiger charge is 2.36. The average molecular weight is 546 g/mol. The first-order valence-corrected chi connectivity index (χ1v) is 13.7. The molecule has 0 saturated carbocycles. The first kappa shape index (κ1) is 28.9. The Morgan fingerprint density at radius 3 is 2.65 bits per heavy atom. The first-order chi connectivity index (χ1) is 18.9. The van der Waals surface area contributed by atoms with Crippen molar-refractivity contribution in [1.82, 2.24) is 9.88 Å². The Labute approximate surface area is 238 Å². The third-order valence-electron chi connectivity index (χ3n) is 7.18. The maximum Gasteiger partial charge on any atom is 0.259 e. The Hall–Kier alpha value is -4.12. The van der Waals surface area contributed by atoms with Gasteiger partial charge in [-0.25, -0.2) is 9.37 Å². The molecule has 2 aromatic rings. The van der Waals surface area contributed by atoms with E-state index in [2.05, 4.69) is 48.1 Å². The molecule has 1 aromatic carbocycles. The first-order valence-electron chi connectivity index (χ1n) is 13.7. The largest absolute Gasteiger partial charge is 0.338 e. The molecule has 0 unspecified atom stereocenters. The molecule has 0 bridgehead atoms. The van der Waals surface area contributed by atoms with Crippen LogP contribution in [0.25, 0.3) is 0 Å². The van der Waals surface area contributed by atoms with E-state index in [1.807, 2.05) is 13.8 Å². The Bertz CT molecular complexity index is 1450. The molecule has 0 radical (unpaired) electrons. The van der Waals surface area contributed by atoms with Gasteiger partial charge in [0.1, 0.15) is 17.3 Å². The van der Waals surface area contributed by atoms with Crippen LogP contribution in [0.15, 0.2) is 42.5 Å². The lowest BCUT2D eigenvalue weighted by Gasteiger charge is -2.35. The minimum absolute atomic E-state index is 0. The molecule has 0 atom stereocenters. The van der Waals surface area contributed by atoms with Crippen molar-refractivity contribution in [1.29, 1.82) is 10.8 Å². The number of carbonyl (C=O) groups excluding carboxylic acids is 2. The predicted molar refractivity (Wildman–Crippen MR) is 159 cm³/mol. The second-order valence-electron chi connectivity index (χ2n) is 11.6. The third-order valence-corrected chi connectivity index (χ3v) is 7.18. The van der Waals surface area contributed by atoms with E-state index in [1.54, 1.807) is 23.1 Å². The van der Waals surface area contributed by atoms with Gasteiger partial charge in [-0.1, -0.05) is 45.9 Å². The van der Waals surface area contributed by atoms with Gasteiger partial charge in [0, 0.05) is 21.4 Å². The second-order valence-corrected chi connectivity index (χ2v) is 11.6. The number of fused-ring (bicyclic) bond motifs is 1. The quantitative estimate of drug-likeness (QED) is 0.196. The number of carbonyl (C=O) groups is 2.